The topological polar surface area (TPSA) is 78.9 Å². The first-order valence-corrected chi connectivity index (χ1v) is 15.7. The highest BCUT2D eigenvalue weighted by Crippen LogP contribution is 2.87. The lowest BCUT2D eigenvalue weighted by Crippen LogP contribution is -2.26. The van der Waals surface area contributed by atoms with Crippen LogP contribution < -0.4 is 0 Å². The standard InChI is InChI=1S/C18H33O6P3/c19-25(16-10-4-1-5-11-16)22-26(20,17-12-6-2-7-13-17)24-27(21,23-25)18-14-8-3-9-15-18/h16-18H,1-15H2. The second-order valence-electron chi connectivity index (χ2n) is 8.74. The van der Waals surface area contributed by atoms with Crippen LogP contribution in [0.1, 0.15) is 96.3 Å². The summed E-state index contributed by atoms with van der Waals surface area (Å²) in [5.74, 6) is 0. The van der Waals surface area contributed by atoms with E-state index in [0.29, 0.717) is 0 Å². The molecule has 3 saturated carbocycles. The highest BCUT2D eigenvalue weighted by molar-refractivity contribution is 7.80. The van der Waals surface area contributed by atoms with Gasteiger partial charge in [-0.05, 0) is 38.5 Å². The van der Waals surface area contributed by atoms with Crippen LogP contribution in [0.3, 0.4) is 0 Å². The summed E-state index contributed by atoms with van der Waals surface area (Å²) in [5.41, 5.74) is -0.864. The van der Waals surface area contributed by atoms with Gasteiger partial charge in [-0.25, -0.2) is 12.9 Å². The Kier molecular flexibility index (Phi) is 6.45. The largest absolute Gasteiger partial charge is 0.348 e. The van der Waals surface area contributed by atoms with E-state index in [1.165, 1.54) is 0 Å². The fourth-order valence-electron chi connectivity index (χ4n) is 5.11. The van der Waals surface area contributed by atoms with Gasteiger partial charge in [0.2, 0.25) is 0 Å². The Morgan fingerprint density at radius 1 is 0.407 bits per heavy atom. The molecule has 6 nitrogen and oxygen atoms in total. The molecular formula is C18H33O6P3. The van der Waals surface area contributed by atoms with Gasteiger partial charge in [0.1, 0.15) is 0 Å². The normalized spacial score (nSPS) is 43.6. The van der Waals surface area contributed by atoms with E-state index in [2.05, 4.69) is 0 Å². The minimum atomic E-state index is -3.72. The molecule has 0 aromatic heterocycles. The van der Waals surface area contributed by atoms with Crippen molar-refractivity contribution in [3.05, 3.63) is 0 Å². The van der Waals surface area contributed by atoms with E-state index in [1.807, 2.05) is 0 Å². The number of hydrogen-bond donors (Lipinski definition) is 0. The van der Waals surface area contributed by atoms with Crippen molar-refractivity contribution < 1.29 is 26.6 Å². The third-order valence-corrected chi connectivity index (χ3v) is 16.4. The van der Waals surface area contributed by atoms with Gasteiger partial charge in [-0.3, -0.25) is 13.7 Å². The van der Waals surface area contributed by atoms with Crippen LogP contribution in [0.25, 0.3) is 0 Å². The van der Waals surface area contributed by atoms with Crippen molar-refractivity contribution in [2.45, 2.75) is 113 Å². The Labute approximate surface area is 163 Å². The van der Waals surface area contributed by atoms with Crippen molar-refractivity contribution >= 4 is 22.8 Å². The summed E-state index contributed by atoms with van der Waals surface area (Å²) in [6.45, 7) is 0. The zero-order chi connectivity index (χ0) is 19.0. The van der Waals surface area contributed by atoms with Crippen molar-refractivity contribution in [3.8, 4) is 0 Å². The highest BCUT2D eigenvalue weighted by Gasteiger charge is 2.60. The van der Waals surface area contributed by atoms with E-state index in [1.54, 1.807) is 0 Å². The Morgan fingerprint density at radius 2 is 0.630 bits per heavy atom. The number of rotatable bonds is 3. The van der Waals surface area contributed by atoms with E-state index in [4.69, 9.17) is 12.9 Å². The summed E-state index contributed by atoms with van der Waals surface area (Å²) < 4.78 is 59.0. The van der Waals surface area contributed by atoms with Crippen LogP contribution >= 0.6 is 22.8 Å². The predicted molar refractivity (Wildman–Crippen MR) is 107 cm³/mol. The van der Waals surface area contributed by atoms with Crippen LogP contribution in [0, 0.1) is 0 Å². The third-order valence-electron chi connectivity index (χ3n) is 6.75. The summed E-state index contributed by atoms with van der Waals surface area (Å²) >= 11 is 0. The lowest BCUT2D eigenvalue weighted by atomic mass is 10.0. The molecule has 0 aromatic carbocycles. The molecule has 4 rings (SSSR count). The zero-order valence-electron chi connectivity index (χ0n) is 16.1. The maximum Gasteiger partial charge on any atom is 0.348 e. The lowest BCUT2D eigenvalue weighted by molar-refractivity contribution is 0.242. The van der Waals surface area contributed by atoms with Crippen LogP contribution in [-0.4, -0.2) is 17.0 Å². The minimum Gasteiger partial charge on any atom is -0.259 e. The molecule has 4 fully saturated rings. The molecule has 9 heteroatoms. The highest BCUT2D eigenvalue weighted by atomic mass is 31.3. The molecule has 1 heterocycles. The monoisotopic (exact) mass is 438 g/mol. The summed E-state index contributed by atoms with van der Waals surface area (Å²) in [4.78, 5) is 0. The Bertz CT molecular complexity index is 554. The van der Waals surface area contributed by atoms with Crippen LogP contribution in [0.5, 0.6) is 0 Å². The van der Waals surface area contributed by atoms with Gasteiger partial charge >= 0.3 is 22.8 Å². The van der Waals surface area contributed by atoms with E-state index in [0.717, 1.165) is 96.3 Å². The fraction of sp³-hybridized carbons (Fsp3) is 1.00. The van der Waals surface area contributed by atoms with Crippen molar-refractivity contribution in [3.63, 3.8) is 0 Å². The van der Waals surface area contributed by atoms with E-state index in [-0.39, 0.29) is 17.0 Å². The summed E-state index contributed by atoms with van der Waals surface area (Å²) in [5, 5.41) is 0. The summed E-state index contributed by atoms with van der Waals surface area (Å²) in [6, 6.07) is 0. The van der Waals surface area contributed by atoms with Crippen molar-refractivity contribution in [1.82, 2.24) is 0 Å². The third kappa shape index (κ3) is 4.37. The Hall–Kier alpha value is 0.570. The predicted octanol–water partition coefficient (Wildman–Crippen LogP) is 7.63. The van der Waals surface area contributed by atoms with E-state index < -0.39 is 22.8 Å². The van der Waals surface area contributed by atoms with Gasteiger partial charge in [-0.15, -0.1) is 0 Å². The van der Waals surface area contributed by atoms with Crippen molar-refractivity contribution in [2.24, 2.45) is 0 Å². The maximum absolute atomic E-state index is 13.8. The van der Waals surface area contributed by atoms with Gasteiger partial charge in [0, 0.05) is 0 Å². The van der Waals surface area contributed by atoms with Gasteiger partial charge in [-0.2, -0.15) is 0 Å². The molecule has 0 unspecified atom stereocenters. The first-order chi connectivity index (χ1) is 12.9. The van der Waals surface area contributed by atoms with Crippen LogP contribution in [0.2, 0.25) is 0 Å². The van der Waals surface area contributed by atoms with Crippen LogP contribution in [0.15, 0.2) is 0 Å². The Balaban J connectivity index is 1.66. The first kappa shape index (κ1) is 20.8. The number of hydrogen-bond acceptors (Lipinski definition) is 6. The molecule has 0 N–H and O–H groups in total. The summed E-state index contributed by atoms with van der Waals surface area (Å²) in [6.07, 6.45) is 13.5. The zero-order valence-corrected chi connectivity index (χ0v) is 18.8. The second-order valence-corrected chi connectivity index (χ2v) is 16.1. The van der Waals surface area contributed by atoms with Gasteiger partial charge in [0.15, 0.2) is 0 Å². The molecule has 3 aliphatic carbocycles. The van der Waals surface area contributed by atoms with E-state index >= 15 is 0 Å². The molecule has 1 aliphatic heterocycles. The van der Waals surface area contributed by atoms with E-state index in [9.17, 15) is 13.7 Å². The van der Waals surface area contributed by atoms with Gasteiger partial charge in [-0.1, -0.05) is 57.8 Å². The SMILES string of the molecule is O=P1(C2CCCCC2)OP(=O)(C2CCCCC2)OP(=O)(C2CCCCC2)O1. The maximum atomic E-state index is 13.8. The fourth-order valence-corrected chi connectivity index (χ4v) is 16.3. The first-order valence-electron chi connectivity index (χ1n) is 10.9. The average molecular weight is 438 g/mol. The van der Waals surface area contributed by atoms with Gasteiger partial charge in [0.05, 0.1) is 17.0 Å². The quantitative estimate of drug-likeness (QED) is 0.422. The molecule has 0 atom stereocenters. The molecule has 0 amide bonds. The Morgan fingerprint density at radius 3 is 0.852 bits per heavy atom. The van der Waals surface area contributed by atoms with Crippen LogP contribution in [0.4, 0.5) is 0 Å². The molecular weight excluding hydrogens is 405 g/mol. The lowest BCUT2D eigenvalue weighted by Gasteiger charge is -2.43. The molecule has 27 heavy (non-hydrogen) atoms. The van der Waals surface area contributed by atoms with Gasteiger partial charge < -0.3 is 0 Å². The smallest absolute Gasteiger partial charge is 0.259 e. The molecule has 4 aliphatic rings. The molecule has 0 bridgehead atoms. The van der Waals surface area contributed by atoms with Crippen molar-refractivity contribution in [2.75, 3.05) is 0 Å². The minimum absolute atomic E-state index is 0.288. The van der Waals surface area contributed by atoms with Gasteiger partial charge in [0.25, 0.3) is 0 Å². The average Bonchev–Trinajstić information content (AvgIpc) is 2.69. The van der Waals surface area contributed by atoms with Crippen molar-refractivity contribution in [1.29, 1.82) is 0 Å². The molecule has 1 saturated heterocycles. The molecule has 0 aromatic rings. The molecule has 0 spiro atoms. The molecule has 156 valence electrons. The second kappa shape index (κ2) is 8.37. The summed E-state index contributed by atoms with van der Waals surface area (Å²) in [7, 11) is -11.1. The molecule has 0 radical (unpaired) electrons. The van der Waals surface area contributed by atoms with Crippen LogP contribution in [-0.2, 0) is 26.6 Å².